The number of aromatic nitrogens is 3. The van der Waals surface area contributed by atoms with Crippen LogP contribution in [-0.4, -0.2) is 50.2 Å². The summed E-state index contributed by atoms with van der Waals surface area (Å²) >= 11 is 0. The first-order valence-corrected chi connectivity index (χ1v) is 9.33. The highest BCUT2D eigenvalue weighted by molar-refractivity contribution is 5.96. The minimum atomic E-state index is -0.591. The van der Waals surface area contributed by atoms with E-state index in [2.05, 4.69) is 20.6 Å². The molecule has 1 aliphatic heterocycles. The van der Waals surface area contributed by atoms with Crippen molar-refractivity contribution in [1.82, 2.24) is 24.8 Å². The molecule has 2 atom stereocenters. The van der Waals surface area contributed by atoms with E-state index in [0.29, 0.717) is 24.6 Å². The molecule has 1 aliphatic rings. The predicted octanol–water partition coefficient (Wildman–Crippen LogP) is 0.962. The van der Waals surface area contributed by atoms with E-state index < -0.39 is 12.0 Å². The molecule has 1 saturated heterocycles. The van der Waals surface area contributed by atoms with Gasteiger partial charge < -0.3 is 20.1 Å². The molecular formula is C19H24N6O3. The fraction of sp³-hybridized carbons (Fsp3) is 0.421. The number of carbonyl (C=O) groups excluding carboxylic acids is 3. The highest BCUT2D eigenvalue weighted by Gasteiger charge is 2.45. The van der Waals surface area contributed by atoms with Crippen LogP contribution >= 0.6 is 0 Å². The van der Waals surface area contributed by atoms with Gasteiger partial charge in [-0.15, -0.1) is 0 Å². The average molecular weight is 384 g/mol. The number of pyridine rings is 1. The fourth-order valence-corrected chi connectivity index (χ4v) is 3.51. The van der Waals surface area contributed by atoms with Crippen molar-refractivity contribution in [1.29, 1.82) is 0 Å². The third-order valence-electron chi connectivity index (χ3n) is 4.83. The Hall–Kier alpha value is -3.23. The van der Waals surface area contributed by atoms with Gasteiger partial charge in [0.15, 0.2) is 0 Å². The van der Waals surface area contributed by atoms with Crippen LogP contribution in [-0.2, 0) is 20.9 Å². The predicted molar refractivity (Wildman–Crippen MR) is 102 cm³/mol. The third kappa shape index (κ3) is 4.03. The van der Waals surface area contributed by atoms with E-state index >= 15 is 0 Å². The lowest BCUT2D eigenvalue weighted by Crippen LogP contribution is -2.40. The molecule has 28 heavy (non-hydrogen) atoms. The van der Waals surface area contributed by atoms with Crippen molar-refractivity contribution in [3.63, 3.8) is 0 Å². The normalized spacial score (nSPS) is 18.9. The minimum absolute atomic E-state index is 0.0851. The maximum Gasteiger partial charge on any atom is 0.243 e. The molecule has 2 aromatic rings. The van der Waals surface area contributed by atoms with Crippen LogP contribution < -0.4 is 10.6 Å². The maximum absolute atomic E-state index is 12.8. The molecule has 3 rings (SSSR count). The van der Waals surface area contributed by atoms with Crippen LogP contribution in [0.25, 0.3) is 0 Å². The number of hydrogen-bond acceptors (Lipinski definition) is 5. The summed E-state index contributed by atoms with van der Waals surface area (Å²) in [7, 11) is 0. The van der Waals surface area contributed by atoms with E-state index in [1.807, 2.05) is 24.6 Å². The summed E-state index contributed by atoms with van der Waals surface area (Å²) < 4.78 is 1.93. The number of amides is 3. The quantitative estimate of drug-likeness (QED) is 0.739. The van der Waals surface area contributed by atoms with E-state index in [1.165, 1.54) is 6.20 Å². The van der Waals surface area contributed by atoms with Crippen LogP contribution in [0.1, 0.15) is 32.1 Å². The standard InChI is InChI=1S/C19H24N6O3/c1-3-24-9-8-21-18(24)17-14(10-16(27)25(17)4-2)19(28)22-12-15(26)23-13-6-5-7-20-11-13/h5-9,11,14,17H,3-4,10,12H2,1-2H3,(H,22,28)(H,23,26)/t14-,17-/m0/s1. The van der Waals surface area contributed by atoms with E-state index in [0.717, 1.165) is 0 Å². The molecule has 0 aromatic carbocycles. The molecule has 9 nitrogen and oxygen atoms in total. The van der Waals surface area contributed by atoms with Crippen LogP contribution in [0, 0.1) is 5.92 Å². The number of rotatable bonds is 7. The van der Waals surface area contributed by atoms with E-state index in [1.54, 1.807) is 29.4 Å². The van der Waals surface area contributed by atoms with Crippen molar-refractivity contribution in [2.75, 3.05) is 18.4 Å². The summed E-state index contributed by atoms with van der Waals surface area (Å²) in [4.78, 5) is 47.3. The lowest BCUT2D eigenvalue weighted by Gasteiger charge is -2.26. The van der Waals surface area contributed by atoms with Gasteiger partial charge in [-0.3, -0.25) is 19.4 Å². The molecule has 9 heteroatoms. The number of aryl methyl sites for hydroxylation is 1. The number of imidazole rings is 1. The van der Waals surface area contributed by atoms with Crippen molar-refractivity contribution in [2.24, 2.45) is 5.92 Å². The zero-order valence-electron chi connectivity index (χ0n) is 16.0. The zero-order valence-corrected chi connectivity index (χ0v) is 16.0. The van der Waals surface area contributed by atoms with Gasteiger partial charge in [0.05, 0.1) is 24.3 Å². The van der Waals surface area contributed by atoms with Gasteiger partial charge in [0.1, 0.15) is 11.9 Å². The van der Waals surface area contributed by atoms with Crippen molar-refractivity contribution in [3.8, 4) is 0 Å². The first-order valence-electron chi connectivity index (χ1n) is 9.33. The number of carbonyl (C=O) groups is 3. The van der Waals surface area contributed by atoms with Crippen LogP contribution in [0.5, 0.6) is 0 Å². The van der Waals surface area contributed by atoms with Gasteiger partial charge in [0, 0.05) is 38.1 Å². The monoisotopic (exact) mass is 384 g/mol. The molecule has 148 valence electrons. The Morgan fingerprint density at radius 2 is 2.07 bits per heavy atom. The molecule has 0 aliphatic carbocycles. The minimum Gasteiger partial charge on any atom is -0.347 e. The smallest absolute Gasteiger partial charge is 0.243 e. The number of nitrogens with zero attached hydrogens (tertiary/aromatic N) is 4. The molecule has 0 bridgehead atoms. The highest BCUT2D eigenvalue weighted by Crippen LogP contribution is 2.37. The Labute approximate surface area is 163 Å². The Kier molecular flexibility index (Phi) is 6.03. The van der Waals surface area contributed by atoms with Gasteiger partial charge in [-0.2, -0.15) is 0 Å². The molecule has 0 spiro atoms. The zero-order chi connectivity index (χ0) is 20.1. The molecule has 3 amide bonds. The van der Waals surface area contributed by atoms with Crippen molar-refractivity contribution < 1.29 is 14.4 Å². The van der Waals surface area contributed by atoms with Gasteiger partial charge in [-0.05, 0) is 26.0 Å². The summed E-state index contributed by atoms with van der Waals surface area (Å²) in [6.07, 6.45) is 6.74. The molecule has 0 unspecified atom stereocenters. The van der Waals surface area contributed by atoms with E-state index in [-0.39, 0.29) is 30.7 Å². The summed E-state index contributed by atoms with van der Waals surface area (Å²) in [5.41, 5.74) is 0.554. The number of hydrogen-bond donors (Lipinski definition) is 2. The third-order valence-corrected chi connectivity index (χ3v) is 4.83. The van der Waals surface area contributed by atoms with Gasteiger partial charge in [0.2, 0.25) is 17.7 Å². The summed E-state index contributed by atoms with van der Waals surface area (Å²) in [6, 6.07) is 2.98. The fourth-order valence-electron chi connectivity index (χ4n) is 3.51. The Morgan fingerprint density at radius 3 is 2.75 bits per heavy atom. The second-order valence-electron chi connectivity index (χ2n) is 6.51. The van der Waals surface area contributed by atoms with Crippen molar-refractivity contribution in [3.05, 3.63) is 42.7 Å². The molecule has 0 saturated carbocycles. The number of nitrogens with one attached hydrogen (secondary N) is 2. The second kappa shape index (κ2) is 8.64. The van der Waals surface area contributed by atoms with Gasteiger partial charge >= 0.3 is 0 Å². The topological polar surface area (TPSA) is 109 Å². The van der Waals surface area contributed by atoms with Crippen LogP contribution in [0.2, 0.25) is 0 Å². The van der Waals surface area contributed by atoms with Crippen LogP contribution in [0.3, 0.4) is 0 Å². The SMILES string of the molecule is CCN1C(=O)C[C@H](C(=O)NCC(=O)Nc2cccnc2)[C@H]1c1nccn1CC. The van der Waals surface area contributed by atoms with Crippen molar-refractivity contribution >= 4 is 23.4 Å². The number of likely N-dealkylation sites (tertiary alicyclic amines) is 1. The van der Waals surface area contributed by atoms with Crippen molar-refractivity contribution in [2.45, 2.75) is 32.9 Å². The summed E-state index contributed by atoms with van der Waals surface area (Å²) in [5.74, 6) is -0.675. The van der Waals surface area contributed by atoms with Gasteiger partial charge in [-0.1, -0.05) is 0 Å². The lowest BCUT2D eigenvalue weighted by molar-refractivity contribution is -0.129. The second-order valence-corrected chi connectivity index (χ2v) is 6.51. The Morgan fingerprint density at radius 1 is 1.25 bits per heavy atom. The Balaban J connectivity index is 1.68. The lowest BCUT2D eigenvalue weighted by atomic mass is 9.98. The van der Waals surface area contributed by atoms with Crippen LogP contribution in [0.15, 0.2) is 36.9 Å². The molecule has 2 N–H and O–H groups in total. The number of anilines is 1. The Bertz CT molecular complexity index is 850. The average Bonchev–Trinajstić information content (AvgIpc) is 3.30. The molecule has 0 radical (unpaired) electrons. The molecule has 3 heterocycles. The van der Waals surface area contributed by atoms with Gasteiger partial charge in [0.25, 0.3) is 0 Å². The van der Waals surface area contributed by atoms with E-state index in [9.17, 15) is 14.4 Å². The first kappa shape index (κ1) is 19.5. The maximum atomic E-state index is 12.8. The van der Waals surface area contributed by atoms with Gasteiger partial charge in [-0.25, -0.2) is 4.98 Å². The van der Waals surface area contributed by atoms with Crippen LogP contribution in [0.4, 0.5) is 5.69 Å². The first-order chi connectivity index (χ1) is 13.5. The molecule has 2 aromatic heterocycles. The summed E-state index contributed by atoms with van der Waals surface area (Å²) in [5, 5.41) is 5.32. The molecular weight excluding hydrogens is 360 g/mol. The molecule has 1 fully saturated rings. The highest BCUT2D eigenvalue weighted by atomic mass is 16.2. The largest absolute Gasteiger partial charge is 0.347 e. The summed E-state index contributed by atoms with van der Waals surface area (Å²) in [6.45, 7) is 4.87. The van der Waals surface area contributed by atoms with E-state index in [4.69, 9.17) is 0 Å².